The van der Waals surface area contributed by atoms with Crippen LogP contribution >= 0.6 is 11.6 Å². The van der Waals surface area contributed by atoms with Crippen LogP contribution in [0.25, 0.3) is 0 Å². The Bertz CT molecular complexity index is 342. The van der Waals surface area contributed by atoms with Gasteiger partial charge in [0.15, 0.2) is 0 Å². The average molecular weight is 212 g/mol. The number of halogens is 1. The van der Waals surface area contributed by atoms with Crippen LogP contribution in [-0.2, 0) is 10.5 Å². The Balaban J connectivity index is 2.35. The molecule has 0 bridgehead atoms. The summed E-state index contributed by atoms with van der Waals surface area (Å²) in [6.07, 6.45) is 0.233. The molecule has 76 valence electrons. The standard InChI is InChI=1S/C11H14ClNO/c1-8-7-13-11(2,14-8)9-5-3-4-6-10(9)12/h3-6,8,13H,7H2,1-2H3. The van der Waals surface area contributed by atoms with Crippen molar-refractivity contribution in [3.8, 4) is 0 Å². The first kappa shape index (κ1) is 9.97. The van der Waals surface area contributed by atoms with E-state index >= 15 is 0 Å². The number of rotatable bonds is 1. The third-order valence-electron chi connectivity index (χ3n) is 2.55. The van der Waals surface area contributed by atoms with Crippen LogP contribution in [0.4, 0.5) is 0 Å². The van der Waals surface area contributed by atoms with Gasteiger partial charge in [0.25, 0.3) is 0 Å². The normalized spacial score (nSPS) is 32.1. The minimum Gasteiger partial charge on any atom is -0.352 e. The summed E-state index contributed by atoms with van der Waals surface area (Å²) in [5.74, 6) is 0. The lowest BCUT2D eigenvalue weighted by Crippen LogP contribution is -2.34. The molecule has 1 aliphatic heterocycles. The van der Waals surface area contributed by atoms with Crippen LogP contribution < -0.4 is 5.32 Å². The Hall–Kier alpha value is -0.570. The van der Waals surface area contributed by atoms with E-state index < -0.39 is 5.72 Å². The lowest BCUT2D eigenvalue weighted by Gasteiger charge is -2.25. The van der Waals surface area contributed by atoms with Crippen molar-refractivity contribution in [2.45, 2.75) is 25.7 Å². The third-order valence-corrected chi connectivity index (χ3v) is 2.88. The predicted octanol–water partition coefficient (Wildman–Crippen LogP) is 2.52. The molecule has 2 rings (SSSR count). The fraction of sp³-hybridized carbons (Fsp3) is 0.455. The van der Waals surface area contributed by atoms with Crippen molar-refractivity contribution in [1.82, 2.24) is 5.32 Å². The van der Waals surface area contributed by atoms with Gasteiger partial charge in [0, 0.05) is 17.1 Å². The molecular weight excluding hydrogens is 198 g/mol. The zero-order valence-corrected chi connectivity index (χ0v) is 9.14. The minimum absolute atomic E-state index is 0.233. The number of benzene rings is 1. The minimum atomic E-state index is -0.433. The van der Waals surface area contributed by atoms with Crippen LogP contribution in [0.5, 0.6) is 0 Å². The Labute approximate surface area is 89.2 Å². The van der Waals surface area contributed by atoms with Crippen LogP contribution in [0.2, 0.25) is 5.02 Å². The van der Waals surface area contributed by atoms with E-state index in [0.29, 0.717) is 0 Å². The van der Waals surface area contributed by atoms with Gasteiger partial charge >= 0.3 is 0 Å². The van der Waals surface area contributed by atoms with Crippen LogP contribution in [0.1, 0.15) is 19.4 Å². The highest BCUT2D eigenvalue weighted by molar-refractivity contribution is 6.31. The predicted molar refractivity (Wildman–Crippen MR) is 57.4 cm³/mol. The van der Waals surface area contributed by atoms with Crippen molar-refractivity contribution in [3.05, 3.63) is 34.9 Å². The van der Waals surface area contributed by atoms with Gasteiger partial charge in [-0.2, -0.15) is 0 Å². The van der Waals surface area contributed by atoms with Gasteiger partial charge in [0.05, 0.1) is 6.10 Å². The van der Waals surface area contributed by atoms with Crippen molar-refractivity contribution < 1.29 is 4.74 Å². The van der Waals surface area contributed by atoms with Crippen molar-refractivity contribution in [2.75, 3.05) is 6.54 Å². The maximum absolute atomic E-state index is 6.12. The second-order valence-electron chi connectivity index (χ2n) is 3.82. The zero-order valence-electron chi connectivity index (χ0n) is 8.38. The lowest BCUT2D eigenvalue weighted by atomic mass is 10.1. The molecule has 0 spiro atoms. The van der Waals surface area contributed by atoms with E-state index in [9.17, 15) is 0 Å². The summed E-state index contributed by atoms with van der Waals surface area (Å²) in [6, 6.07) is 7.78. The van der Waals surface area contributed by atoms with E-state index in [1.54, 1.807) is 0 Å². The number of nitrogens with one attached hydrogen (secondary N) is 1. The lowest BCUT2D eigenvalue weighted by molar-refractivity contribution is -0.0342. The second kappa shape index (κ2) is 3.54. The van der Waals surface area contributed by atoms with E-state index in [4.69, 9.17) is 16.3 Å². The van der Waals surface area contributed by atoms with E-state index in [1.807, 2.05) is 31.2 Å². The first-order valence-corrected chi connectivity index (χ1v) is 5.17. The second-order valence-corrected chi connectivity index (χ2v) is 4.23. The Morgan fingerprint density at radius 3 is 2.79 bits per heavy atom. The smallest absolute Gasteiger partial charge is 0.144 e. The number of hydrogen-bond acceptors (Lipinski definition) is 2. The van der Waals surface area contributed by atoms with Gasteiger partial charge < -0.3 is 4.74 Å². The van der Waals surface area contributed by atoms with E-state index in [2.05, 4.69) is 12.2 Å². The van der Waals surface area contributed by atoms with Gasteiger partial charge in [-0.3, -0.25) is 5.32 Å². The molecule has 0 amide bonds. The number of hydrogen-bond donors (Lipinski definition) is 1. The Morgan fingerprint density at radius 1 is 1.50 bits per heavy atom. The molecule has 1 aromatic rings. The summed E-state index contributed by atoms with van der Waals surface area (Å²) in [5, 5.41) is 4.08. The largest absolute Gasteiger partial charge is 0.352 e. The molecule has 14 heavy (non-hydrogen) atoms. The Morgan fingerprint density at radius 2 is 2.21 bits per heavy atom. The molecule has 1 aromatic carbocycles. The van der Waals surface area contributed by atoms with Crippen molar-refractivity contribution >= 4 is 11.6 Å². The average Bonchev–Trinajstić information content (AvgIpc) is 2.48. The van der Waals surface area contributed by atoms with Gasteiger partial charge in [0.1, 0.15) is 5.72 Å². The van der Waals surface area contributed by atoms with Crippen LogP contribution in [0.3, 0.4) is 0 Å². The van der Waals surface area contributed by atoms with Gasteiger partial charge in [-0.05, 0) is 19.9 Å². The van der Waals surface area contributed by atoms with Crippen LogP contribution in [0, 0.1) is 0 Å². The molecule has 0 aliphatic carbocycles. The summed E-state index contributed by atoms with van der Waals surface area (Å²) in [4.78, 5) is 0. The first-order valence-electron chi connectivity index (χ1n) is 4.80. The summed E-state index contributed by atoms with van der Waals surface area (Å²) >= 11 is 6.12. The summed E-state index contributed by atoms with van der Waals surface area (Å²) < 4.78 is 5.82. The quantitative estimate of drug-likeness (QED) is 0.771. The molecule has 2 atom stereocenters. The van der Waals surface area contributed by atoms with Crippen LogP contribution in [0.15, 0.2) is 24.3 Å². The zero-order chi connectivity index (χ0) is 10.2. The topological polar surface area (TPSA) is 21.3 Å². The SMILES string of the molecule is CC1CNC(C)(c2ccccc2Cl)O1. The maximum Gasteiger partial charge on any atom is 0.144 e. The Kier molecular flexibility index (Phi) is 2.52. The highest BCUT2D eigenvalue weighted by atomic mass is 35.5. The molecule has 2 nitrogen and oxygen atoms in total. The summed E-state index contributed by atoms with van der Waals surface area (Å²) in [5.41, 5.74) is 0.573. The molecule has 1 fully saturated rings. The number of ether oxygens (including phenoxy) is 1. The van der Waals surface area contributed by atoms with Crippen LogP contribution in [-0.4, -0.2) is 12.6 Å². The van der Waals surface area contributed by atoms with Gasteiger partial charge in [0.2, 0.25) is 0 Å². The monoisotopic (exact) mass is 211 g/mol. The molecule has 2 unspecified atom stereocenters. The molecule has 1 heterocycles. The van der Waals surface area contributed by atoms with Crippen molar-refractivity contribution in [1.29, 1.82) is 0 Å². The fourth-order valence-electron chi connectivity index (χ4n) is 1.83. The third kappa shape index (κ3) is 1.65. The highest BCUT2D eigenvalue weighted by Crippen LogP contribution is 2.32. The molecule has 1 N–H and O–H groups in total. The fourth-order valence-corrected chi connectivity index (χ4v) is 2.15. The van der Waals surface area contributed by atoms with Gasteiger partial charge in [-0.15, -0.1) is 0 Å². The van der Waals surface area contributed by atoms with Gasteiger partial charge in [-0.25, -0.2) is 0 Å². The van der Waals surface area contributed by atoms with E-state index in [1.165, 1.54) is 0 Å². The molecule has 3 heteroatoms. The molecular formula is C11H14ClNO. The summed E-state index contributed by atoms with van der Waals surface area (Å²) in [6.45, 7) is 4.93. The molecule has 0 aromatic heterocycles. The maximum atomic E-state index is 6.12. The van der Waals surface area contributed by atoms with Gasteiger partial charge in [-0.1, -0.05) is 29.8 Å². The van der Waals surface area contributed by atoms with E-state index in [0.717, 1.165) is 17.1 Å². The molecule has 1 aliphatic rings. The molecule has 0 radical (unpaired) electrons. The summed E-state index contributed by atoms with van der Waals surface area (Å²) in [7, 11) is 0. The van der Waals surface area contributed by atoms with Crippen molar-refractivity contribution in [2.24, 2.45) is 0 Å². The first-order chi connectivity index (χ1) is 6.62. The molecule has 0 saturated carbocycles. The van der Waals surface area contributed by atoms with Crippen molar-refractivity contribution in [3.63, 3.8) is 0 Å². The highest BCUT2D eigenvalue weighted by Gasteiger charge is 2.36. The van der Waals surface area contributed by atoms with E-state index in [-0.39, 0.29) is 6.10 Å². The molecule has 1 saturated heterocycles.